The molecule has 10 nitrogen and oxygen atoms in total. The first kappa shape index (κ1) is 23.9. The molecule has 0 saturated carbocycles. The number of anilines is 1. The number of ether oxygens (including phenoxy) is 2. The highest BCUT2D eigenvalue weighted by Crippen LogP contribution is 2.23. The molecule has 1 aromatic heterocycles. The Morgan fingerprint density at radius 3 is 2.65 bits per heavy atom. The maximum absolute atomic E-state index is 13.0. The van der Waals surface area contributed by atoms with Crippen molar-refractivity contribution in [1.29, 1.82) is 0 Å². The molecule has 0 bridgehead atoms. The molecule has 0 unspecified atom stereocenters. The number of nitrogens with zero attached hydrogens (tertiary/aromatic N) is 3. The van der Waals surface area contributed by atoms with E-state index in [-0.39, 0.29) is 17.2 Å². The molecule has 1 saturated heterocycles. The summed E-state index contributed by atoms with van der Waals surface area (Å²) in [4.78, 5) is 28.9. The Labute approximate surface area is 197 Å². The van der Waals surface area contributed by atoms with E-state index in [0.717, 1.165) is 5.52 Å². The predicted octanol–water partition coefficient (Wildman–Crippen LogP) is 1.95. The summed E-state index contributed by atoms with van der Waals surface area (Å²) in [6.07, 6.45) is 0.526. The van der Waals surface area contributed by atoms with Crippen molar-refractivity contribution in [1.82, 2.24) is 13.9 Å². The standard InChI is InChI=1S/C23H26N4O6S/c1-26-20-7-6-18(34(30,31)27-10-12-33-13-11-27)15-19(20)25-21(26)8-9-22(28)24-17-5-3-4-16(14-17)23(29)32-2/h3-7,14-15H,8-13H2,1-2H3,(H,24,28). The maximum atomic E-state index is 13.0. The summed E-state index contributed by atoms with van der Waals surface area (Å²) >= 11 is 0. The lowest BCUT2D eigenvalue weighted by Crippen LogP contribution is -2.40. The number of carbonyl (C=O) groups is 2. The van der Waals surface area contributed by atoms with Crippen LogP contribution in [0, 0.1) is 0 Å². The monoisotopic (exact) mass is 486 g/mol. The lowest BCUT2D eigenvalue weighted by Gasteiger charge is -2.26. The lowest BCUT2D eigenvalue weighted by atomic mass is 10.2. The maximum Gasteiger partial charge on any atom is 0.337 e. The second-order valence-corrected chi connectivity index (χ2v) is 9.81. The van der Waals surface area contributed by atoms with Gasteiger partial charge in [0.1, 0.15) is 5.82 Å². The molecule has 0 spiro atoms. The predicted molar refractivity (Wildman–Crippen MR) is 125 cm³/mol. The number of esters is 1. The third-order valence-corrected chi connectivity index (χ3v) is 7.59. The van der Waals surface area contributed by atoms with Gasteiger partial charge >= 0.3 is 5.97 Å². The number of aryl methyl sites for hydroxylation is 2. The smallest absolute Gasteiger partial charge is 0.337 e. The third-order valence-electron chi connectivity index (χ3n) is 5.70. The number of methoxy groups -OCH3 is 1. The van der Waals surface area contributed by atoms with E-state index in [4.69, 9.17) is 9.47 Å². The molecule has 11 heteroatoms. The Balaban J connectivity index is 1.46. The molecule has 2 heterocycles. The van der Waals surface area contributed by atoms with E-state index in [1.165, 1.54) is 11.4 Å². The molecule has 180 valence electrons. The van der Waals surface area contributed by atoms with E-state index < -0.39 is 16.0 Å². The highest BCUT2D eigenvalue weighted by molar-refractivity contribution is 7.89. The van der Waals surface area contributed by atoms with Crippen molar-refractivity contribution in [3.05, 3.63) is 53.9 Å². The average Bonchev–Trinajstić information content (AvgIpc) is 3.17. The highest BCUT2D eigenvalue weighted by Gasteiger charge is 2.27. The third kappa shape index (κ3) is 4.96. The zero-order valence-electron chi connectivity index (χ0n) is 19.0. The van der Waals surface area contributed by atoms with E-state index in [2.05, 4.69) is 10.3 Å². The number of benzene rings is 2. The number of fused-ring (bicyclic) bond motifs is 1. The number of nitrogens with one attached hydrogen (secondary N) is 1. The van der Waals surface area contributed by atoms with Crippen LogP contribution in [-0.2, 0) is 37.8 Å². The van der Waals surface area contributed by atoms with Gasteiger partial charge in [-0.15, -0.1) is 0 Å². The van der Waals surface area contributed by atoms with Crippen molar-refractivity contribution in [2.45, 2.75) is 17.7 Å². The Morgan fingerprint density at radius 1 is 1.15 bits per heavy atom. The van der Waals surface area contributed by atoms with Gasteiger partial charge in [0.15, 0.2) is 0 Å². The number of aromatic nitrogens is 2. The molecule has 1 N–H and O–H groups in total. The Hall–Kier alpha value is -3.28. The number of hydrogen-bond acceptors (Lipinski definition) is 7. The SMILES string of the molecule is COC(=O)c1cccc(NC(=O)CCc2nc3cc(S(=O)(=O)N4CCOCC4)ccc3n2C)c1. The summed E-state index contributed by atoms with van der Waals surface area (Å²) in [6.45, 7) is 1.41. The first-order valence-corrected chi connectivity index (χ1v) is 12.2. The van der Waals surface area contributed by atoms with Crippen molar-refractivity contribution in [2.24, 2.45) is 7.05 Å². The first-order chi connectivity index (χ1) is 16.3. The van der Waals surface area contributed by atoms with Crippen LogP contribution in [0.25, 0.3) is 11.0 Å². The molecule has 4 rings (SSSR count). The molecule has 34 heavy (non-hydrogen) atoms. The largest absolute Gasteiger partial charge is 0.465 e. The molecule has 0 radical (unpaired) electrons. The number of amides is 1. The van der Waals surface area contributed by atoms with Crippen LogP contribution in [0.4, 0.5) is 5.69 Å². The van der Waals surface area contributed by atoms with E-state index in [9.17, 15) is 18.0 Å². The second-order valence-electron chi connectivity index (χ2n) is 7.87. The minimum atomic E-state index is -3.62. The van der Waals surface area contributed by atoms with E-state index >= 15 is 0 Å². The van der Waals surface area contributed by atoms with Gasteiger partial charge in [-0.05, 0) is 36.4 Å². The van der Waals surface area contributed by atoms with Crippen LogP contribution in [0.1, 0.15) is 22.6 Å². The number of imidazole rings is 1. The average molecular weight is 487 g/mol. The lowest BCUT2D eigenvalue weighted by molar-refractivity contribution is -0.116. The van der Waals surface area contributed by atoms with Crippen molar-refractivity contribution in [3.8, 4) is 0 Å². The Kier molecular flexibility index (Phi) is 6.96. The Morgan fingerprint density at radius 2 is 1.91 bits per heavy atom. The molecular weight excluding hydrogens is 460 g/mol. The van der Waals surface area contributed by atoms with Crippen molar-refractivity contribution >= 4 is 38.6 Å². The molecule has 0 atom stereocenters. The van der Waals surface area contributed by atoms with E-state index in [0.29, 0.717) is 55.3 Å². The van der Waals surface area contributed by atoms with E-state index in [1.807, 2.05) is 11.6 Å². The fourth-order valence-electron chi connectivity index (χ4n) is 3.84. The summed E-state index contributed by atoms with van der Waals surface area (Å²) in [6, 6.07) is 11.4. The number of carbonyl (C=O) groups excluding carboxylic acids is 2. The fraction of sp³-hybridized carbons (Fsp3) is 0.348. The van der Waals surface area contributed by atoms with Gasteiger partial charge in [-0.25, -0.2) is 18.2 Å². The molecular formula is C23H26N4O6S. The Bertz CT molecular complexity index is 1330. The number of morpholine rings is 1. The van der Waals surface area contributed by atoms with Crippen molar-refractivity contribution < 1.29 is 27.5 Å². The summed E-state index contributed by atoms with van der Waals surface area (Å²) in [5, 5.41) is 2.77. The summed E-state index contributed by atoms with van der Waals surface area (Å²) in [5.74, 6) is -0.0511. The molecule has 3 aromatic rings. The molecule has 1 aliphatic rings. The minimum Gasteiger partial charge on any atom is -0.465 e. The van der Waals surface area contributed by atoms with Crippen molar-refractivity contribution in [2.75, 3.05) is 38.7 Å². The van der Waals surface area contributed by atoms with Gasteiger partial charge in [0.25, 0.3) is 0 Å². The normalized spacial score (nSPS) is 14.8. The summed E-state index contributed by atoms with van der Waals surface area (Å²) < 4.78 is 39.1. The van der Waals surface area contributed by atoms with E-state index in [1.54, 1.807) is 42.5 Å². The van der Waals surface area contributed by atoms with Crippen LogP contribution < -0.4 is 5.32 Å². The zero-order chi connectivity index (χ0) is 24.3. The highest BCUT2D eigenvalue weighted by atomic mass is 32.2. The van der Waals surface area contributed by atoms with Crippen LogP contribution in [-0.4, -0.2) is 67.6 Å². The van der Waals surface area contributed by atoms with Crippen molar-refractivity contribution in [3.63, 3.8) is 0 Å². The minimum absolute atomic E-state index is 0.165. The molecule has 1 fully saturated rings. The number of hydrogen-bond donors (Lipinski definition) is 1. The quantitative estimate of drug-likeness (QED) is 0.507. The summed E-state index contributed by atoms with van der Waals surface area (Å²) in [7, 11) is -0.493. The van der Waals surface area contributed by atoms with Crippen LogP contribution in [0.15, 0.2) is 47.4 Å². The fourth-order valence-corrected chi connectivity index (χ4v) is 5.27. The van der Waals surface area contributed by atoms with Gasteiger partial charge in [0, 0.05) is 38.7 Å². The van der Waals surface area contributed by atoms with Crippen LogP contribution in [0.2, 0.25) is 0 Å². The van der Waals surface area contributed by atoms with Gasteiger partial charge < -0.3 is 19.4 Å². The van der Waals surface area contributed by atoms with Crippen LogP contribution in [0.5, 0.6) is 0 Å². The zero-order valence-corrected chi connectivity index (χ0v) is 19.8. The first-order valence-electron chi connectivity index (χ1n) is 10.8. The van der Waals surface area contributed by atoms with Gasteiger partial charge in [-0.3, -0.25) is 4.79 Å². The second kappa shape index (κ2) is 9.92. The van der Waals surface area contributed by atoms with Crippen LogP contribution >= 0.6 is 0 Å². The van der Waals surface area contributed by atoms with Crippen LogP contribution in [0.3, 0.4) is 0 Å². The molecule has 0 aliphatic carbocycles. The molecule has 1 amide bonds. The molecule has 2 aromatic carbocycles. The molecule has 1 aliphatic heterocycles. The van der Waals surface area contributed by atoms with Gasteiger partial charge in [0.2, 0.25) is 15.9 Å². The van der Waals surface area contributed by atoms with Gasteiger partial charge in [-0.2, -0.15) is 4.31 Å². The number of sulfonamides is 1. The number of rotatable bonds is 7. The van der Waals surface area contributed by atoms with Gasteiger partial charge in [-0.1, -0.05) is 6.07 Å². The van der Waals surface area contributed by atoms with Gasteiger partial charge in [0.05, 0.1) is 41.8 Å². The topological polar surface area (TPSA) is 120 Å². The summed E-state index contributed by atoms with van der Waals surface area (Å²) in [5.41, 5.74) is 2.18.